The summed E-state index contributed by atoms with van der Waals surface area (Å²) in [6, 6.07) is 18.6. The number of hydrogen-bond acceptors (Lipinski definition) is 4. The summed E-state index contributed by atoms with van der Waals surface area (Å²) >= 11 is 6.69. The van der Waals surface area contributed by atoms with E-state index in [0.29, 0.717) is 21.6 Å². The highest BCUT2D eigenvalue weighted by atomic mass is 79.9. The monoisotopic (exact) mass is 472 g/mol. The Kier molecular flexibility index (Phi) is 6.14. The molecule has 0 atom stereocenters. The molecule has 0 saturated carbocycles. The third kappa shape index (κ3) is 4.77. The first-order valence-corrected chi connectivity index (χ1v) is 9.24. The summed E-state index contributed by atoms with van der Waals surface area (Å²) in [7, 11) is 0. The normalized spacial score (nSPS) is 11.7. The predicted octanol–water partition coefficient (Wildman–Crippen LogP) is 5.01. The molecule has 2 aromatic carbocycles. The largest absolute Gasteiger partial charge is 0.506 e. The van der Waals surface area contributed by atoms with Gasteiger partial charge in [0.25, 0.3) is 0 Å². The van der Waals surface area contributed by atoms with Crippen LogP contribution in [0.5, 0.6) is 5.75 Å². The van der Waals surface area contributed by atoms with E-state index in [-0.39, 0.29) is 5.75 Å². The molecular formula is C19H14Br2N4O. The maximum atomic E-state index is 10.1. The van der Waals surface area contributed by atoms with Crippen molar-refractivity contribution in [3.05, 3.63) is 87.1 Å². The average Bonchev–Trinajstić information content (AvgIpc) is 2.66. The van der Waals surface area contributed by atoms with Crippen LogP contribution in [0.15, 0.2) is 85.9 Å². The molecule has 0 aliphatic heterocycles. The van der Waals surface area contributed by atoms with E-state index in [0.717, 1.165) is 10.2 Å². The van der Waals surface area contributed by atoms with Crippen molar-refractivity contribution < 1.29 is 5.11 Å². The number of aromatic nitrogens is 1. The minimum atomic E-state index is 0.109. The smallest absolute Gasteiger partial charge is 0.172 e. The molecule has 1 heterocycles. The van der Waals surface area contributed by atoms with E-state index >= 15 is 0 Å². The zero-order valence-electron chi connectivity index (χ0n) is 13.5. The van der Waals surface area contributed by atoms with E-state index in [1.165, 1.54) is 6.21 Å². The van der Waals surface area contributed by atoms with Crippen molar-refractivity contribution in [2.45, 2.75) is 0 Å². The highest BCUT2D eigenvalue weighted by molar-refractivity contribution is 9.11. The van der Waals surface area contributed by atoms with E-state index in [2.05, 4.69) is 52.4 Å². The zero-order chi connectivity index (χ0) is 18.4. The summed E-state index contributed by atoms with van der Waals surface area (Å²) in [6.45, 7) is 0. The number of aromatic hydroxyl groups is 1. The van der Waals surface area contributed by atoms with Crippen LogP contribution in [0.25, 0.3) is 0 Å². The molecule has 0 saturated heterocycles. The fourth-order valence-electron chi connectivity index (χ4n) is 2.12. The van der Waals surface area contributed by atoms with E-state index in [4.69, 9.17) is 0 Å². The molecule has 2 N–H and O–H groups in total. The van der Waals surface area contributed by atoms with Crippen LogP contribution in [0.1, 0.15) is 11.3 Å². The lowest BCUT2D eigenvalue weighted by Gasteiger charge is -2.06. The number of rotatable bonds is 4. The van der Waals surface area contributed by atoms with Gasteiger partial charge in [-0.25, -0.2) is 4.99 Å². The van der Waals surface area contributed by atoms with Gasteiger partial charge in [0.1, 0.15) is 11.4 Å². The van der Waals surface area contributed by atoms with Crippen molar-refractivity contribution in [2.24, 2.45) is 10.1 Å². The fourth-order valence-corrected chi connectivity index (χ4v) is 3.38. The minimum absolute atomic E-state index is 0.109. The van der Waals surface area contributed by atoms with Crippen molar-refractivity contribution >= 4 is 49.6 Å². The van der Waals surface area contributed by atoms with Gasteiger partial charge >= 0.3 is 0 Å². The Morgan fingerprint density at radius 3 is 2.54 bits per heavy atom. The number of para-hydroxylation sites is 1. The number of halogens is 2. The molecule has 5 nitrogen and oxygen atoms in total. The van der Waals surface area contributed by atoms with Crippen molar-refractivity contribution in [3.63, 3.8) is 0 Å². The molecule has 0 aliphatic carbocycles. The molecule has 0 radical (unpaired) electrons. The number of amidine groups is 1. The fraction of sp³-hybridized carbons (Fsp3) is 0. The van der Waals surface area contributed by atoms with Crippen LogP contribution >= 0.6 is 31.9 Å². The van der Waals surface area contributed by atoms with Gasteiger partial charge in [0.2, 0.25) is 0 Å². The molecule has 3 rings (SSSR count). The molecular weight excluding hydrogens is 460 g/mol. The second-order valence-corrected chi connectivity index (χ2v) is 6.98. The standard InChI is InChI=1S/C19H14Br2N4O/c20-14-10-13(18(26)16(21)11-14)12-23-25-19(17-8-4-5-9-22-17)24-15-6-2-1-3-7-15/h1-12,26H,(H,24,25)/b23-12-. The van der Waals surface area contributed by atoms with E-state index in [1.807, 2.05) is 48.5 Å². The Morgan fingerprint density at radius 1 is 1.04 bits per heavy atom. The third-order valence-electron chi connectivity index (χ3n) is 3.34. The van der Waals surface area contributed by atoms with E-state index < -0.39 is 0 Å². The summed E-state index contributed by atoms with van der Waals surface area (Å²) in [4.78, 5) is 8.88. The second kappa shape index (κ2) is 8.73. The Balaban J connectivity index is 1.89. The molecule has 0 amide bonds. The number of hydrogen-bond donors (Lipinski definition) is 2. The Labute approximate surface area is 167 Å². The first kappa shape index (κ1) is 18.3. The number of phenols is 1. The molecule has 0 spiro atoms. The van der Waals surface area contributed by atoms with Crippen LogP contribution in [-0.4, -0.2) is 22.1 Å². The lowest BCUT2D eigenvalue weighted by atomic mass is 10.2. The van der Waals surface area contributed by atoms with E-state index in [1.54, 1.807) is 18.3 Å². The zero-order valence-corrected chi connectivity index (χ0v) is 16.6. The number of pyridine rings is 1. The first-order chi connectivity index (χ1) is 12.6. The molecule has 3 aromatic rings. The van der Waals surface area contributed by atoms with Gasteiger partial charge in [0, 0.05) is 16.2 Å². The van der Waals surface area contributed by atoms with Gasteiger partial charge in [0.05, 0.1) is 16.4 Å². The maximum Gasteiger partial charge on any atom is 0.172 e. The van der Waals surface area contributed by atoms with Gasteiger partial charge in [-0.2, -0.15) is 5.10 Å². The van der Waals surface area contributed by atoms with Crippen LogP contribution in [0, 0.1) is 0 Å². The van der Waals surface area contributed by atoms with Crippen LogP contribution in [0.3, 0.4) is 0 Å². The minimum Gasteiger partial charge on any atom is -0.506 e. The number of phenolic OH excluding ortho intramolecular Hbond substituents is 1. The highest BCUT2D eigenvalue weighted by Gasteiger charge is 2.07. The van der Waals surface area contributed by atoms with Gasteiger partial charge in [-0.1, -0.05) is 40.2 Å². The van der Waals surface area contributed by atoms with Crippen LogP contribution < -0.4 is 5.43 Å². The summed E-state index contributed by atoms with van der Waals surface area (Å²) < 4.78 is 1.41. The van der Waals surface area contributed by atoms with Crippen LogP contribution in [0.4, 0.5) is 5.69 Å². The van der Waals surface area contributed by atoms with Crippen molar-refractivity contribution in [1.82, 2.24) is 10.4 Å². The summed E-state index contributed by atoms with van der Waals surface area (Å²) in [5.74, 6) is 0.611. The molecule has 0 bridgehead atoms. The van der Waals surface area contributed by atoms with Crippen molar-refractivity contribution in [1.29, 1.82) is 0 Å². The summed E-state index contributed by atoms with van der Waals surface area (Å²) in [5.41, 5.74) is 4.91. The molecule has 1 aromatic heterocycles. The van der Waals surface area contributed by atoms with Gasteiger partial charge in [-0.3, -0.25) is 10.4 Å². The van der Waals surface area contributed by atoms with Gasteiger partial charge in [-0.15, -0.1) is 0 Å². The Morgan fingerprint density at radius 2 is 1.81 bits per heavy atom. The second-order valence-electron chi connectivity index (χ2n) is 5.21. The third-order valence-corrected chi connectivity index (χ3v) is 4.40. The molecule has 0 unspecified atom stereocenters. The van der Waals surface area contributed by atoms with Gasteiger partial charge < -0.3 is 5.11 Å². The number of nitrogens with one attached hydrogen (secondary N) is 1. The molecule has 26 heavy (non-hydrogen) atoms. The Hall–Kier alpha value is -2.51. The van der Waals surface area contributed by atoms with Crippen molar-refractivity contribution in [3.8, 4) is 5.75 Å². The number of aliphatic imine (C=N–C) groups is 1. The maximum absolute atomic E-state index is 10.1. The molecule has 0 fully saturated rings. The highest BCUT2D eigenvalue weighted by Crippen LogP contribution is 2.30. The Bertz CT molecular complexity index is 945. The lowest BCUT2D eigenvalue weighted by molar-refractivity contribution is 0.471. The quantitative estimate of drug-likeness (QED) is 0.317. The van der Waals surface area contributed by atoms with Crippen LogP contribution in [-0.2, 0) is 0 Å². The van der Waals surface area contributed by atoms with Gasteiger partial charge in [-0.05, 0) is 52.3 Å². The molecule has 130 valence electrons. The average molecular weight is 474 g/mol. The first-order valence-electron chi connectivity index (χ1n) is 7.66. The summed E-state index contributed by atoms with van der Waals surface area (Å²) in [6.07, 6.45) is 3.22. The van der Waals surface area contributed by atoms with Crippen molar-refractivity contribution in [2.75, 3.05) is 0 Å². The summed E-state index contributed by atoms with van der Waals surface area (Å²) in [5, 5.41) is 14.3. The topological polar surface area (TPSA) is 69.9 Å². The number of benzene rings is 2. The SMILES string of the molecule is Oc1c(Br)cc(Br)cc1/C=N\NC(=Nc1ccccc1)c1ccccn1. The lowest BCUT2D eigenvalue weighted by Crippen LogP contribution is -2.20. The number of nitrogens with zero attached hydrogens (tertiary/aromatic N) is 3. The molecule has 0 aliphatic rings. The number of hydrazone groups is 1. The van der Waals surface area contributed by atoms with E-state index in [9.17, 15) is 5.11 Å². The van der Waals surface area contributed by atoms with Crippen LogP contribution in [0.2, 0.25) is 0 Å². The molecule has 7 heteroatoms. The predicted molar refractivity (Wildman–Crippen MR) is 111 cm³/mol. The van der Waals surface area contributed by atoms with Gasteiger partial charge in [0.15, 0.2) is 5.84 Å².